The number of pyridine rings is 1. The van der Waals surface area contributed by atoms with Gasteiger partial charge in [0.25, 0.3) is 11.6 Å². The van der Waals surface area contributed by atoms with E-state index in [1.807, 2.05) is 0 Å². The first-order chi connectivity index (χ1) is 15.4. The van der Waals surface area contributed by atoms with Gasteiger partial charge in [-0.05, 0) is 51.0 Å². The molecule has 32 heavy (non-hydrogen) atoms. The summed E-state index contributed by atoms with van der Waals surface area (Å²) in [5.41, 5.74) is 2.31. The predicted octanol–water partition coefficient (Wildman–Crippen LogP) is 4.43. The second kappa shape index (κ2) is 7.90. The van der Waals surface area contributed by atoms with Crippen molar-refractivity contribution >= 4 is 17.0 Å². The van der Waals surface area contributed by atoms with Gasteiger partial charge in [-0.3, -0.25) is 9.89 Å². The number of nitrogens with zero attached hydrogens (tertiary/aromatic N) is 4. The third-order valence-corrected chi connectivity index (χ3v) is 6.62. The molecule has 1 amide bonds. The minimum absolute atomic E-state index is 0.0548. The molecule has 2 aliphatic rings. The highest BCUT2D eigenvalue weighted by Gasteiger charge is 2.38. The first-order valence-electron chi connectivity index (χ1n) is 11.1. The summed E-state index contributed by atoms with van der Waals surface area (Å²) in [7, 11) is 0. The van der Waals surface area contributed by atoms with Crippen LogP contribution in [0.2, 0.25) is 0 Å². The fourth-order valence-electron chi connectivity index (χ4n) is 4.87. The number of rotatable bonds is 3. The molecule has 0 aromatic carbocycles. The Balaban J connectivity index is 1.38. The Bertz CT molecular complexity index is 1160. The molecule has 1 aliphatic carbocycles. The Labute approximate surface area is 182 Å². The molecule has 0 bridgehead atoms. The van der Waals surface area contributed by atoms with E-state index in [1.165, 1.54) is 0 Å². The Kier molecular flexibility index (Phi) is 5.17. The molecule has 3 aromatic rings. The van der Waals surface area contributed by atoms with Crippen molar-refractivity contribution in [3.8, 4) is 0 Å². The number of H-pyrrole nitrogens is 1. The van der Waals surface area contributed by atoms with Gasteiger partial charge in [0.1, 0.15) is 0 Å². The van der Waals surface area contributed by atoms with E-state index in [2.05, 4.69) is 20.3 Å². The molecule has 10 heteroatoms. The van der Waals surface area contributed by atoms with Crippen molar-refractivity contribution in [2.75, 3.05) is 13.1 Å². The van der Waals surface area contributed by atoms with Gasteiger partial charge in [-0.2, -0.15) is 18.3 Å². The van der Waals surface area contributed by atoms with Gasteiger partial charge in [-0.15, -0.1) is 0 Å². The maximum absolute atomic E-state index is 13.8. The molecule has 0 radical (unpaired) electrons. The van der Waals surface area contributed by atoms with E-state index < -0.39 is 11.7 Å². The molecule has 1 aliphatic heterocycles. The van der Waals surface area contributed by atoms with Gasteiger partial charge in [0.2, 0.25) is 0 Å². The number of alkyl halides is 3. The number of amides is 1. The number of aryl methyl sites for hydroxylation is 2. The van der Waals surface area contributed by atoms with Crippen LogP contribution in [0.4, 0.5) is 13.2 Å². The zero-order valence-electron chi connectivity index (χ0n) is 17.8. The minimum Gasteiger partial charge on any atom is -0.337 e. The molecule has 4 heterocycles. The second-order valence-electron chi connectivity index (χ2n) is 8.56. The van der Waals surface area contributed by atoms with Crippen LogP contribution in [-0.4, -0.2) is 44.2 Å². The van der Waals surface area contributed by atoms with Crippen LogP contribution in [0.5, 0.6) is 0 Å². The molecule has 7 nitrogen and oxygen atoms in total. The second-order valence-corrected chi connectivity index (χ2v) is 8.56. The third kappa shape index (κ3) is 3.55. The number of carbonyl (C=O) groups excluding carboxylic acids is 1. The number of piperidine rings is 1. The number of halogens is 3. The topological polar surface area (TPSA) is 87.9 Å². The van der Waals surface area contributed by atoms with E-state index >= 15 is 0 Å². The Morgan fingerprint density at radius 2 is 2.00 bits per heavy atom. The van der Waals surface area contributed by atoms with Gasteiger partial charge in [0.05, 0.1) is 16.6 Å². The lowest BCUT2D eigenvalue weighted by Gasteiger charge is -2.31. The number of aromatic nitrogens is 4. The largest absolute Gasteiger partial charge is 0.417 e. The molecule has 3 aromatic heterocycles. The molecular weight excluding hydrogens is 423 g/mol. The van der Waals surface area contributed by atoms with Crippen LogP contribution in [0.15, 0.2) is 10.6 Å². The summed E-state index contributed by atoms with van der Waals surface area (Å²) >= 11 is 0. The average molecular weight is 447 g/mol. The Morgan fingerprint density at radius 1 is 1.25 bits per heavy atom. The summed E-state index contributed by atoms with van der Waals surface area (Å²) in [6, 6.07) is 1.09. The summed E-state index contributed by atoms with van der Waals surface area (Å²) in [4.78, 5) is 19.0. The highest BCUT2D eigenvalue weighted by molar-refractivity contribution is 5.94. The lowest BCUT2D eigenvalue weighted by molar-refractivity contribution is -0.136. The normalized spacial score (nSPS) is 17.7. The molecule has 0 unspecified atom stereocenters. The summed E-state index contributed by atoms with van der Waals surface area (Å²) < 4.78 is 46.5. The monoisotopic (exact) mass is 447 g/mol. The zero-order valence-corrected chi connectivity index (χ0v) is 17.8. The molecule has 0 atom stereocenters. The molecular formula is C22H24F3N5O2. The predicted molar refractivity (Wildman–Crippen MR) is 109 cm³/mol. The van der Waals surface area contributed by atoms with Crippen molar-refractivity contribution in [3.05, 3.63) is 40.0 Å². The highest BCUT2D eigenvalue weighted by atomic mass is 19.4. The number of aromatic amines is 1. The lowest BCUT2D eigenvalue weighted by Crippen LogP contribution is -2.38. The fraction of sp³-hybridized carbons (Fsp3) is 0.545. The van der Waals surface area contributed by atoms with Gasteiger partial charge in [-0.1, -0.05) is 12.1 Å². The quantitative estimate of drug-likeness (QED) is 0.642. The maximum Gasteiger partial charge on any atom is 0.417 e. The van der Waals surface area contributed by atoms with Crippen LogP contribution in [-0.2, 0) is 25.4 Å². The lowest BCUT2D eigenvalue weighted by atomic mass is 9.90. The number of nitrogens with one attached hydrogen (secondary N) is 1. The van der Waals surface area contributed by atoms with E-state index in [-0.39, 0.29) is 28.6 Å². The molecule has 170 valence electrons. The number of likely N-dealkylation sites (tertiary alicyclic amines) is 1. The van der Waals surface area contributed by atoms with E-state index in [4.69, 9.17) is 4.52 Å². The van der Waals surface area contributed by atoms with Crippen LogP contribution in [0.1, 0.15) is 77.2 Å². The summed E-state index contributed by atoms with van der Waals surface area (Å²) in [5, 5.41) is 11.2. The van der Waals surface area contributed by atoms with Gasteiger partial charge in [0, 0.05) is 36.0 Å². The third-order valence-electron chi connectivity index (χ3n) is 6.62. The first-order valence-corrected chi connectivity index (χ1v) is 11.1. The number of hydrogen-bond acceptors (Lipinski definition) is 5. The van der Waals surface area contributed by atoms with E-state index in [9.17, 15) is 18.0 Å². The van der Waals surface area contributed by atoms with Crippen molar-refractivity contribution in [3.63, 3.8) is 0 Å². The van der Waals surface area contributed by atoms with Gasteiger partial charge < -0.3 is 9.42 Å². The Morgan fingerprint density at radius 3 is 2.72 bits per heavy atom. The van der Waals surface area contributed by atoms with Crippen molar-refractivity contribution in [1.82, 2.24) is 25.2 Å². The maximum atomic E-state index is 13.8. The summed E-state index contributed by atoms with van der Waals surface area (Å²) in [5.74, 6) is -0.345. The number of hydrogen-bond donors (Lipinski definition) is 1. The number of fused-ring (bicyclic) bond motifs is 2. The van der Waals surface area contributed by atoms with Crippen molar-refractivity contribution in [1.29, 1.82) is 0 Å². The smallest absolute Gasteiger partial charge is 0.337 e. The SMILES string of the molecule is CCc1cc(C(F)(F)F)c2c(C3CCN(C(=O)c4n[nH]c5c4CCCC5)CC3)noc2n1. The molecule has 1 saturated heterocycles. The first kappa shape index (κ1) is 21.0. The fourth-order valence-corrected chi connectivity index (χ4v) is 4.87. The molecule has 1 N–H and O–H groups in total. The van der Waals surface area contributed by atoms with E-state index in [0.717, 1.165) is 43.0 Å². The minimum atomic E-state index is -4.53. The van der Waals surface area contributed by atoms with Crippen molar-refractivity contribution in [2.24, 2.45) is 0 Å². The van der Waals surface area contributed by atoms with Crippen LogP contribution in [0.25, 0.3) is 11.1 Å². The average Bonchev–Trinajstić information content (AvgIpc) is 3.42. The van der Waals surface area contributed by atoms with E-state index in [1.54, 1.807) is 11.8 Å². The molecule has 5 rings (SSSR count). The molecule has 0 saturated carbocycles. The number of carbonyl (C=O) groups is 1. The molecule has 0 spiro atoms. The summed E-state index contributed by atoms with van der Waals surface area (Å²) in [6.45, 7) is 2.61. The molecule has 1 fully saturated rings. The van der Waals surface area contributed by atoms with Crippen LogP contribution in [0, 0.1) is 0 Å². The summed E-state index contributed by atoms with van der Waals surface area (Å²) in [6.07, 6.45) is 0.749. The van der Waals surface area contributed by atoms with Gasteiger partial charge in [0.15, 0.2) is 5.69 Å². The van der Waals surface area contributed by atoms with Crippen LogP contribution in [0.3, 0.4) is 0 Å². The van der Waals surface area contributed by atoms with E-state index in [0.29, 0.717) is 43.7 Å². The standard InChI is InChI=1S/C22H24F3N5O2/c1-2-13-11-15(22(23,24)25)17-18(29-32-20(17)26-13)12-7-9-30(10-8-12)21(31)19-14-5-3-4-6-16(14)27-28-19/h11-12H,2-10H2,1H3,(H,27,28). The van der Waals surface area contributed by atoms with Crippen LogP contribution < -0.4 is 0 Å². The van der Waals surface area contributed by atoms with Gasteiger partial charge >= 0.3 is 6.18 Å². The Hall–Kier alpha value is -2.91. The van der Waals surface area contributed by atoms with Crippen molar-refractivity contribution < 1.29 is 22.5 Å². The zero-order chi connectivity index (χ0) is 22.5. The van der Waals surface area contributed by atoms with Crippen molar-refractivity contribution in [2.45, 2.75) is 64.0 Å². The van der Waals surface area contributed by atoms with Gasteiger partial charge in [-0.25, -0.2) is 4.98 Å². The van der Waals surface area contributed by atoms with Crippen LogP contribution >= 0.6 is 0 Å². The highest BCUT2D eigenvalue weighted by Crippen LogP contribution is 2.40.